The number of carbonyl (C=O) groups excluding carboxylic acids is 1. The highest BCUT2D eigenvalue weighted by Gasteiger charge is 2.15. The Hall–Kier alpha value is -1.75. The van der Waals surface area contributed by atoms with Crippen LogP contribution in [0.5, 0.6) is 5.75 Å². The number of halogens is 2. The maximum Gasteiger partial charge on any atom is 0.195 e. The summed E-state index contributed by atoms with van der Waals surface area (Å²) in [5, 5.41) is 13.2. The van der Waals surface area contributed by atoms with E-state index in [1.807, 2.05) is 0 Å². The number of carbonyl (C=O) groups is 1. The Morgan fingerprint density at radius 1 is 1.26 bits per heavy atom. The second kappa shape index (κ2) is 8.20. The molecule has 0 spiro atoms. The van der Waals surface area contributed by atoms with Crippen LogP contribution in [0.2, 0.25) is 5.02 Å². The summed E-state index contributed by atoms with van der Waals surface area (Å²) in [6.45, 7) is 0.247. The van der Waals surface area contributed by atoms with Crippen molar-refractivity contribution in [2.24, 2.45) is 0 Å². The number of ketones is 1. The largest absolute Gasteiger partial charge is 0.497 e. The maximum absolute atomic E-state index is 12.7. The molecule has 1 unspecified atom stereocenters. The van der Waals surface area contributed by atoms with Crippen molar-refractivity contribution < 1.29 is 14.6 Å². The maximum atomic E-state index is 12.7. The zero-order valence-corrected chi connectivity index (χ0v) is 14.1. The number of aliphatic hydroxyl groups is 1. The molecule has 0 fully saturated rings. The van der Waals surface area contributed by atoms with Crippen LogP contribution in [0.1, 0.15) is 15.9 Å². The quantitative estimate of drug-likeness (QED) is 0.589. The van der Waals surface area contributed by atoms with Crippen molar-refractivity contribution in [1.29, 1.82) is 0 Å². The van der Waals surface area contributed by atoms with Gasteiger partial charge in [0.15, 0.2) is 5.78 Å². The molecule has 0 aromatic heterocycles. The van der Waals surface area contributed by atoms with Crippen LogP contribution in [0.15, 0.2) is 42.5 Å². The van der Waals surface area contributed by atoms with Gasteiger partial charge in [0, 0.05) is 28.4 Å². The molecule has 122 valence electrons. The molecule has 0 saturated heterocycles. The van der Waals surface area contributed by atoms with Crippen LogP contribution in [-0.2, 0) is 0 Å². The lowest BCUT2D eigenvalue weighted by atomic mass is 10.0. The Morgan fingerprint density at radius 2 is 1.96 bits per heavy atom. The normalized spacial score (nSPS) is 11.8. The molecule has 0 amide bonds. The number of hydrogen-bond acceptors (Lipinski definition) is 4. The van der Waals surface area contributed by atoms with Crippen LogP contribution in [0, 0.1) is 0 Å². The van der Waals surface area contributed by atoms with Gasteiger partial charge in [-0.25, -0.2) is 0 Å². The number of nitrogens with one attached hydrogen (secondary N) is 1. The summed E-state index contributed by atoms with van der Waals surface area (Å²) in [5.41, 5.74) is 1.58. The van der Waals surface area contributed by atoms with Gasteiger partial charge in [0.05, 0.1) is 19.1 Å². The fraction of sp³-hybridized carbons (Fsp3) is 0.235. The average Bonchev–Trinajstić information content (AvgIpc) is 2.59. The molecule has 2 N–H and O–H groups in total. The Kier molecular flexibility index (Phi) is 6.28. The van der Waals surface area contributed by atoms with Gasteiger partial charge in [-0.15, -0.1) is 11.6 Å². The third-order valence-corrected chi connectivity index (χ3v) is 3.89. The van der Waals surface area contributed by atoms with Crippen LogP contribution in [0.25, 0.3) is 0 Å². The summed E-state index contributed by atoms with van der Waals surface area (Å²) in [5.74, 6) is 0.526. The predicted molar refractivity (Wildman–Crippen MR) is 93.1 cm³/mol. The van der Waals surface area contributed by atoms with Crippen LogP contribution < -0.4 is 10.1 Å². The highest BCUT2D eigenvalue weighted by molar-refractivity contribution is 6.30. The number of anilines is 1. The second-order valence-electron chi connectivity index (χ2n) is 4.94. The van der Waals surface area contributed by atoms with Gasteiger partial charge in [-0.2, -0.15) is 0 Å². The lowest BCUT2D eigenvalue weighted by Crippen LogP contribution is -2.22. The van der Waals surface area contributed by atoms with Gasteiger partial charge >= 0.3 is 0 Å². The predicted octanol–water partition coefficient (Wildman–Crippen LogP) is 3.59. The van der Waals surface area contributed by atoms with Crippen LogP contribution in [-0.4, -0.2) is 36.5 Å². The van der Waals surface area contributed by atoms with Gasteiger partial charge in [0.25, 0.3) is 0 Å². The lowest BCUT2D eigenvalue weighted by Gasteiger charge is -2.15. The Balaban J connectivity index is 2.33. The molecule has 0 aliphatic carbocycles. The highest BCUT2D eigenvalue weighted by Crippen LogP contribution is 2.25. The number of benzene rings is 2. The zero-order chi connectivity index (χ0) is 16.8. The molecule has 0 heterocycles. The molecule has 0 bridgehead atoms. The van der Waals surface area contributed by atoms with E-state index in [-0.39, 0.29) is 18.2 Å². The van der Waals surface area contributed by atoms with Crippen molar-refractivity contribution in [2.45, 2.75) is 6.10 Å². The van der Waals surface area contributed by atoms with E-state index in [1.54, 1.807) is 42.5 Å². The fourth-order valence-corrected chi connectivity index (χ4v) is 2.27. The van der Waals surface area contributed by atoms with Gasteiger partial charge in [-0.05, 0) is 42.5 Å². The molecule has 0 aliphatic heterocycles. The van der Waals surface area contributed by atoms with Crippen molar-refractivity contribution in [1.82, 2.24) is 0 Å². The molecule has 6 heteroatoms. The van der Waals surface area contributed by atoms with Crippen LogP contribution in [0.3, 0.4) is 0 Å². The van der Waals surface area contributed by atoms with E-state index in [9.17, 15) is 9.90 Å². The zero-order valence-electron chi connectivity index (χ0n) is 12.6. The van der Waals surface area contributed by atoms with Crippen LogP contribution >= 0.6 is 23.2 Å². The third kappa shape index (κ3) is 4.61. The number of alkyl halides is 1. The van der Waals surface area contributed by atoms with Gasteiger partial charge in [0.2, 0.25) is 0 Å². The molecular formula is C17H17Cl2NO3. The molecular weight excluding hydrogens is 337 g/mol. The Morgan fingerprint density at radius 3 is 2.57 bits per heavy atom. The first-order valence-corrected chi connectivity index (χ1v) is 7.92. The SMILES string of the molecule is COc1ccc(NCC(O)CCl)c(C(=O)c2ccc(Cl)cc2)c1. The number of aliphatic hydroxyl groups excluding tert-OH is 1. The van der Waals surface area contributed by atoms with E-state index in [0.717, 1.165) is 0 Å². The summed E-state index contributed by atoms with van der Waals surface area (Å²) >= 11 is 11.4. The lowest BCUT2D eigenvalue weighted by molar-refractivity contribution is 0.103. The van der Waals surface area contributed by atoms with Gasteiger partial charge in [0.1, 0.15) is 5.75 Å². The number of rotatable bonds is 7. The standard InChI is InChI=1S/C17H17Cl2NO3/c1-23-14-6-7-16(20-10-13(21)9-18)15(8-14)17(22)11-2-4-12(19)5-3-11/h2-8,13,20-21H,9-10H2,1H3. The van der Waals surface area contributed by atoms with E-state index in [1.165, 1.54) is 7.11 Å². The highest BCUT2D eigenvalue weighted by atomic mass is 35.5. The van der Waals surface area contributed by atoms with Crippen molar-refractivity contribution in [3.8, 4) is 5.75 Å². The number of hydrogen-bond donors (Lipinski definition) is 2. The minimum absolute atomic E-state index is 0.115. The molecule has 2 rings (SSSR count). The average molecular weight is 354 g/mol. The van der Waals surface area contributed by atoms with E-state index in [2.05, 4.69) is 5.32 Å². The minimum Gasteiger partial charge on any atom is -0.497 e. The fourth-order valence-electron chi connectivity index (χ4n) is 2.03. The molecule has 23 heavy (non-hydrogen) atoms. The molecule has 2 aromatic carbocycles. The van der Waals surface area contributed by atoms with Gasteiger partial charge < -0.3 is 15.2 Å². The van der Waals surface area contributed by atoms with E-state index >= 15 is 0 Å². The van der Waals surface area contributed by atoms with E-state index < -0.39 is 6.10 Å². The summed E-state index contributed by atoms with van der Waals surface area (Å²) in [6, 6.07) is 11.8. The summed E-state index contributed by atoms with van der Waals surface area (Å²) in [4.78, 5) is 12.7. The number of ether oxygens (including phenoxy) is 1. The summed E-state index contributed by atoms with van der Waals surface area (Å²) in [7, 11) is 1.54. The first kappa shape index (κ1) is 17.6. The Bertz CT molecular complexity index is 674. The Labute approximate surface area is 145 Å². The van der Waals surface area contributed by atoms with E-state index in [4.69, 9.17) is 27.9 Å². The first-order valence-electron chi connectivity index (χ1n) is 7.01. The number of methoxy groups -OCH3 is 1. The van der Waals surface area contributed by atoms with Crippen molar-refractivity contribution >= 4 is 34.7 Å². The molecule has 2 aromatic rings. The van der Waals surface area contributed by atoms with Gasteiger partial charge in [-0.1, -0.05) is 11.6 Å². The van der Waals surface area contributed by atoms with Crippen molar-refractivity contribution in [3.63, 3.8) is 0 Å². The smallest absolute Gasteiger partial charge is 0.195 e. The summed E-state index contributed by atoms with van der Waals surface area (Å²) in [6.07, 6.45) is -0.697. The third-order valence-electron chi connectivity index (χ3n) is 3.28. The monoisotopic (exact) mass is 353 g/mol. The molecule has 1 atom stereocenters. The molecule has 0 aliphatic rings. The molecule has 0 saturated carbocycles. The van der Waals surface area contributed by atoms with Crippen molar-refractivity contribution in [3.05, 3.63) is 58.6 Å². The molecule has 4 nitrogen and oxygen atoms in total. The summed E-state index contributed by atoms with van der Waals surface area (Å²) < 4.78 is 5.19. The topological polar surface area (TPSA) is 58.6 Å². The minimum atomic E-state index is -0.697. The second-order valence-corrected chi connectivity index (χ2v) is 5.68. The first-order chi connectivity index (χ1) is 11.0. The van der Waals surface area contributed by atoms with Crippen LogP contribution in [0.4, 0.5) is 5.69 Å². The molecule has 0 radical (unpaired) electrons. The van der Waals surface area contributed by atoms with Crippen molar-refractivity contribution in [2.75, 3.05) is 24.9 Å². The van der Waals surface area contributed by atoms with E-state index in [0.29, 0.717) is 27.6 Å². The van der Waals surface area contributed by atoms with Gasteiger partial charge in [-0.3, -0.25) is 4.79 Å².